The minimum Gasteiger partial charge on any atom is -0.465 e. The van der Waals surface area contributed by atoms with E-state index in [1.54, 1.807) is 7.05 Å². The summed E-state index contributed by atoms with van der Waals surface area (Å²) >= 11 is 0. The van der Waals surface area contributed by atoms with E-state index in [9.17, 15) is 18.4 Å². The summed E-state index contributed by atoms with van der Waals surface area (Å²) in [5, 5.41) is 2.58. The zero-order valence-corrected chi connectivity index (χ0v) is 9.34. The lowest BCUT2D eigenvalue weighted by Gasteiger charge is -2.06. The number of benzene rings is 1. The lowest BCUT2D eigenvalue weighted by Crippen LogP contribution is -2.19. The Kier molecular flexibility index (Phi) is 4.28. The van der Waals surface area contributed by atoms with Crippen molar-refractivity contribution < 1.29 is 23.1 Å². The molecule has 0 spiro atoms. The second-order valence-electron chi connectivity index (χ2n) is 3.26. The lowest BCUT2D eigenvalue weighted by atomic mass is 10.1. The molecule has 1 N–H and O–H groups in total. The zero-order valence-electron chi connectivity index (χ0n) is 9.34. The molecule has 0 unspecified atom stereocenters. The zero-order chi connectivity index (χ0) is 13.0. The quantitative estimate of drug-likeness (QED) is 0.636. The Hall–Kier alpha value is -1.82. The molecule has 6 heteroatoms. The summed E-state index contributed by atoms with van der Waals surface area (Å²) in [6, 6.07) is 1.73. The van der Waals surface area contributed by atoms with Gasteiger partial charge in [-0.05, 0) is 19.2 Å². The number of methoxy groups -OCH3 is 1. The van der Waals surface area contributed by atoms with Gasteiger partial charge in [0, 0.05) is 5.56 Å². The highest BCUT2D eigenvalue weighted by Crippen LogP contribution is 2.16. The van der Waals surface area contributed by atoms with Crippen molar-refractivity contribution >= 4 is 11.8 Å². The number of hydrogen-bond donors (Lipinski definition) is 1. The van der Waals surface area contributed by atoms with E-state index in [2.05, 4.69) is 10.1 Å². The summed E-state index contributed by atoms with van der Waals surface area (Å²) in [5.41, 5.74) is -0.675. The predicted octanol–water partition coefficient (Wildman–Crippen LogP) is 1.15. The maximum atomic E-state index is 13.3. The van der Waals surface area contributed by atoms with Gasteiger partial charge in [-0.15, -0.1) is 0 Å². The predicted molar refractivity (Wildman–Crippen MR) is 56.0 cm³/mol. The van der Waals surface area contributed by atoms with E-state index in [1.807, 2.05) is 0 Å². The van der Waals surface area contributed by atoms with Gasteiger partial charge in [-0.1, -0.05) is 0 Å². The number of rotatable bonds is 4. The molecule has 1 aromatic rings. The number of esters is 1. The van der Waals surface area contributed by atoms with Gasteiger partial charge >= 0.3 is 5.97 Å². The van der Waals surface area contributed by atoms with Crippen LogP contribution >= 0.6 is 0 Å². The van der Waals surface area contributed by atoms with Crippen LogP contribution in [0.5, 0.6) is 0 Å². The van der Waals surface area contributed by atoms with Crippen molar-refractivity contribution in [3.05, 3.63) is 34.9 Å². The van der Waals surface area contributed by atoms with Crippen LogP contribution in [-0.2, 0) is 4.74 Å². The summed E-state index contributed by atoms with van der Waals surface area (Å²) in [6.07, 6.45) is 0. The van der Waals surface area contributed by atoms with Crippen molar-refractivity contribution in [2.24, 2.45) is 0 Å². The van der Waals surface area contributed by atoms with Crippen LogP contribution in [0.25, 0.3) is 0 Å². The first kappa shape index (κ1) is 13.2. The van der Waals surface area contributed by atoms with Gasteiger partial charge in [0.05, 0.1) is 19.2 Å². The number of carbonyl (C=O) groups excluding carboxylic acids is 2. The first-order valence-corrected chi connectivity index (χ1v) is 4.76. The number of carbonyl (C=O) groups is 2. The van der Waals surface area contributed by atoms with Crippen LogP contribution in [0.1, 0.15) is 20.7 Å². The van der Waals surface area contributed by atoms with Crippen molar-refractivity contribution in [2.45, 2.75) is 0 Å². The van der Waals surface area contributed by atoms with Gasteiger partial charge in [-0.2, -0.15) is 0 Å². The molecule has 0 radical (unpaired) electrons. The van der Waals surface area contributed by atoms with Crippen LogP contribution in [0.4, 0.5) is 8.78 Å². The lowest BCUT2D eigenvalue weighted by molar-refractivity contribution is 0.0594. The molecule has 0 aliphatic carbocycles. The van der Waals surface area contributed by atoms with Gasteiger partial charge < -0.3 is 10.1 Å². The van der Waals surface area contributed by atoms with Gasteiger partial charge in [-0.3, -0.25) is 4.79 Å². The second kappa shape index (κ2) is 5.49. The highest BCUT2D eigenvalue weighted by Gasteiger charge is 2.19. The van der Waals surface area contributed by atoms with Crippen molar-refractivity contribution in [1.82, 2.24) is 5.32 Å². The molecule has 1 rings (SSSR count). The highest BCUT2D eigenvalue weighted by molar-refractivity contribution is 6.00. The van der Waals surface area contributed by atoms with E-state index in [0.717, 1.165) is 19.2 Å². The van der Waals surface area contributed by atoms with Crippen LogP contribution in [0.15, 0.2) is 12.1 Å². The average molecular weight is 243 g/mol. The topological polar surface area (TPSA) is 55.4 Å². The van der Waals surface area contributed by atoms with Gasteiger partial charge in [-0.25, -0.2) is 13.6 Å². The maximum absolute atomic E-state index is 13.3. The SMILES string of the molecule is CNCC(=O)c1cc(F)c(F)c(C(=O)OC)c1. The number of likely N-dealkylation sites (N-methyl/N-ethyl adjacent to an activating group) is 1. The maximum Gasteiger partial charge on any atom is 0.340 e. The molecule has 0 atom stereocenters. The highest BCUT2D eigenvalue weighted by atomic mass is 19.2. The third kappa shape index (κ3) is 2.85. The number of hydrogen-bond acceptors (Lipinski definition) is 4. The van der Waals surface area contributed by atoms with E-state index in [0.29, 0.717) is 0 Å². The molecule has 0 aromatic heterocycles. The van der Waals surface area contributed by atoms with E-state index >= 15 is 0 Å². The normalized spacial score (nSPS) is 10.1. The Morgan fingerprint density at radius 2 is 2.00 bits per heavy atom. The molecular weight excluding hydrogens is 232 g/mol. The molecule has 0 aliphatic rings. The Balaban J connectivity index is 3.23. The summed E-state index contributed by atoms with van der Waals surface area (Å²) in [4.78, 5) is 22.6. The molecule has 0 saturated heterocycles. The van der Waals surface area contributed by atoms with Gasteiger partial charge in [0.2, 0.25) is 0 Å². The molecule has 4 nitrogen and oxygen atoms in total. The summed E-state index contributed by atoms with van der Waals surface area (Å²) < 4.78 is 30.7. The third-order valence-corrected chi connectivity index (χ3v) is 2.09. The standard InChI is InChI=1S/C11H11F2NO3/c1-14-5-9(15)6-3-7(11(16)17-2)10(13)8(12)4-6/h3-4,14H,5H2,1-2H3. The van der Waals surface area contributed by atoms with Crippen molar-refractivity contribution in [2.75, 3.05) is 20.7 Å². The largest absolute Gasteiger partial charge is 0.465 e. The Labute approximate surface area is 96.6 Å². The van der Waals surface area contributed by atoms with Crippen LogP contribution in [0, 0.1) is 11.6 Å². The Bertz CT molecular complexity index is 460. The van der Waals surface area contributed by atoms with Crippen molar-refractivity contribution in [3.8, 4) is 0 Å². The van der Waals surface area contributed by atoms with E-state index < -0.39 is 29.0 Å². The monoisotopic (exact) mass is 243 g/mol. The van der Waals surface area contributed by atoms with E-state index in [-0.39, 0.29) is 12.1 Å². The fourth-order valence-corrected chi connectivity index (χ4v) is 1.27. The summed E-state index contributed by atoms with van der Waals surface area (Å²) in [7, 11) is 2.58. The summed E-state index contributed by atoms with van der Waals surface area (Å²) in [5.74, 6) is -4.05. The summed E-state index contributed by atoms with van der Waals surface area (Å²) in [6.45, 7) is -0.0360. The van der Waals surface area contributed by atoms with Crippen LogP contribution < -0.4 is 5.32 Å². The fraction of sp³-hybridized carbons (Fsp3) is 0.273. The van der Waals surface area contributed by atoms with Crippen LogP contribution in [-0.4, -0.2) is 32.5 Å². The first-order chi connectivity index (χ1) is 8.01. The number of halogens is 2. The molecule has 0 aliphatic heterocycles. The average Bonchev–Trinajstić information content (AvgIpc) is 2.31. The number of ether oxygens (including phenoxy) is 1. The second-order valence-corrected chi connectivity index (χ2v) is 3.26. The van der Waals surface area contributed by atoms with Gasteiger partial charge in [0.25, 0.3) is 0 Å². The van der Waals surface area contributed by atoms with E-state index in [4.69, 9.17) is 0 Å². The minimum atomic E-state index is -1.32. The number of nitrogens with one attached hydrogen (secondary N) is 1. The molecule has 0 heterocycles. The van der Waals surface area contributed by atoms with Crippen LogP contribution in [0.3, 0.4) is 0 Å². The first-order valence-electron chi connectivity index (χ1n) is 4.76. The molecular formula is C11H11F2NO3. The molecule has 0 bridgehead atoms. The molecule has 1 aromatic carbocycles. The smallest absolute Gasteiger partial charge is 0.340 e. The fourth-order valence-electron chi connectivity index (χ4n) is 1.27. The third-order valence-electron chi connectivity index (χ3n) is 2.09. The molecule has 17 heavy (non-hydrogen) atoms. The molecule has 92 valence electrons. The van der Waals surface area contributed by atoms with E-state index in [1.165, 1.54) is 0 Å². The number of Topliss-reactive ketones (excluding diaryl/α,β-unsaturated/α-hetero) is 1. The molecule has 0 fully saturated rings. The Morgan fingerprint density at radius 1 is 1.35 bits per heavy atom. The Morgan fingerprint density at radius 3 is 2.53 bits per heavy atom. The molecule has 0 saturated carbocycles. The van der Waals surface area contributed by atoms with Gasteiger partial charge in [0.15, 0.2) is 17.4 Å². The van der Waals surface area contributed by atoms with Crippen molar-refractivity contribution in [3.63, 3.8) is 0 Å². The molecule has 0 amide bonds. The number of ketones is 1. The van der Waals surface area contributed by atoms with Crippen molar-refractivity contribution in [1.29, 1.82) is 0 Å². The van der Waals surface area contributed by atoms with Gasteiger partial charge in [0.1, 0.15) is 0 Å². The van der Waals surface area contributed by atoms with Crippen LogP contribution in [0.2, 0.25) is 0 Å². The minimum absolute atomic E-state index is 0.0360.